The zero-order valence-corrected chi connectivity index (χ0v) is 17.9. The van der Waals surface area contributed by atoms with E-state index < -0.39 is 5.97 Å². The van der Waals surface area contributed by atoms with E-state index in [9.17, 15) is 9.59 Å². The average Bonchev–Trinajstić information content (AvgIpc) is 2.76. The van der Waals surface area contributed by atoms with Gasteiger partial charge < -0.3 is 9.47 Å². The lowest BCUT2D eigenvalue weighted by Gasteiger charge is -2.15. The quantitative estimate of drug-likeness (QED) is 0.245. The summed E-state index contributed by atoms with van der Waals surface area (Å²) in [6.07, 6.45) is 3.82. The van der Waals surface area contributed by atoms with Gasteiger partial charge in [-0.05, 0) is 68.3 Å². The normalized spacial score (nSPS) is 11.0. The molecule has 0 fully saturated rings. The molecule has 2 aromatic rings. The maximum absolute atomic E-state index is 12.3. The van der Waals surface area contributed by atoms with Gasteiger partial charge in [-0.2, -0.15) is 0 Å². The number of hydrogen-bond acceptors (Lipinski definition) is 4. The van der Waals surface area contributed by atoms with Crippen LogP contribution in [0, 0.1) is 11.8 Å². The second kappa shape index (κ2) is 11.6. The van der Waals surface area contributed by atoms with E-state index in [2.05, 4.69) is 25.3 Å². The van der Waals surface area contributed by atoms with Gasteiger partial charge in [-0.1, -0.05) is 45.1 Å². The van der Waals surface area contributed by atoms with Gasteiger partial charge >= 0.3 is 11.9 Å². The molecule has 30 heavy (non-hydrogen) atoms. The van der Waals surface area contributed by atoms with Crippen LogP contribution in [-0.2, 0) is 9.53 Å². The summed E-state index contributed by atoms with van der Waals surface area (Å²) < 4.78 is 10.7. The predicted octanol–water partition coefficient (Wildman–Crippen LogP) is 5.69. The Morgan fingerprint density at radius 2 is 1.53 bits per heavy atom. The van der Waals surface area contributed by atoms with Gasteiger partial charge in [-0.3, -0.25) is 0 Å². The van der Waals surface area contributed by atoms with E-state index >= 15 is 0 Å². The summed E-state index contributed by atoms with van der Waals surface area (Å²) >= 11 is 0. The third kappa shape index (κ3) is 7.25. The van der Waals surface area contributed by atoms with Crippen LogP contribution in [0.2, 0.25) is 0 Å². The molecule has 2 rings (SSSR count). The predicted molar refractivity (Wildman–Crippen MR) is 118 cm³/mol. The SMILES string of the molecule is C=C(C)C(=O)Oc1ccc(C#Cc2ccc(C(=O)OC(CC)CCCC)cc2)cc1. The van der Waals surface area contributed by atoms with Crippen molar-refractivity contribution in [3.05, 3.63) is 77.4 Å². The Bertz CT molecular complexity index is 928. The third-order valence-corrected chi connectivity index (χ3v) is 4.49. The smallest absolute Gasteiger partial charge is 0.338 e. The van der Waals surface area contributed by atoms with Gasteiger partial charge in [0.2, 0.25) is 0 Å². The number of ether oxygens (including phenoxy) is 2. The minimum atomic E-state index is -0.455. The molecule has 0 aliphatic heterocycles. The molecule has 0 N–H and O–H groups in total. The van der Waals surface area contributed by atoms with E-state index in [1.54, 1.807) is 55.5 Å². The van der Waals surface area contributed by atoms with Gasteiger partial charge in [0.15, 0.2) is 0 Å². The number of carbonyl (C=O) groups is 2. The van der Waals surface area contributed by atoms with Crippen LogP contribution in [0.5, 0.6) is 5.75 Å². The summed E-state index contributed by atoms with van der Waals surface area (Å²) in [6, 6.07) is 14.0. The van der Waals surface area contributed by atoms with Crippen molar-refractivity contribution in [2.75, 3.05) is 0 Å². The van der Waals surface area contributed by atoms with Crippen LogP contribution >= 0.6 is 0 Å². The molecule has 2 aromatic carbocycles. The van der Waals surface area contributed by atoms with Crippen molar-refractivity contribution in [1.82, 2.24) is 0 Å². The highest BCUT2D eigenvalue weighted by Gasteiger charge is 2.13. The number of hydrogen-bond donors (Lipinski definition) is 0. The van der Waals surface area contributed by atoms with Crippen LogP contribution in [0.15, 0.2) is 60.7 Å². The molecular weight excluding hydrogens is 376 g/mol. The Balaban J connectivity index is 1.98. The molecule has 1 unspecified atom stereocenters. The van der Waals surface area contributed by atoms with Gasteiger partial charge in [-0.15, -0.1) is 0 Å². The molecule has 0 saturated heterocycles. The van der Waals surface area contributed by atoms with Gasteiger partial charge in [0.25, 0.3) is 0 Å². The molecule has 0 aromatic heterocycles. The van der Waals surface area contributed by atoms with Crippen LogP contribution in [0.25, 0.3) is 0 Å². The lowest BCUT2D eigenvalue weighted by molar-refractivity contribution is -0.130. The fourth-order valence-electron chi connectivity index (χ4n) is 2.63. The second-order valence-corrected chi connectivity index (χ2v) is 7.10. The second-order valence-electron chi connectivity index (χ2n) is 7.10. The van der Waals surface area contributed by atoms with Crippen molar-refractivity contribution in [2.45, 2.75) is 52.6 Å². The van der Waals surface area contributed by atoms with Crippen LogP contribution in [-0.4, -0.2) is 18.0 Å². The molecule has 0 bridgehead atoms. The minimum absolute atomic E-state index is 0.0328. The molecular formula is C26H28O4. The molecule has 0 radical (unpaired) electrons. The average molecular weight is 405 g/mol. The van der Waals surface area contributed by atoms with Crippen LogP contribution in [0.3, 0.4) is 0 Å². The molecule has 0 amide bonds. The van der Waals surface area contributed by atoms with E-state index in [0.717, 1.165) is 36.8 Å². The monoisotopic (exact) mass is 404 g/mol. The van der Waals surface area contributed by atoms with Crippen molar-refractivity contribution in [2.24, 2.45) is 0 Å². The van der Waals surface area contributed by atoms with Gasteiger partial charge in [0, 0.05) is 16.7 Å². The fourth-order valence-corrected chi connectivity index (χ4v) is 2.63. The summed E-state index contributed by atoms with van der Waals surface area (Å²) in [6.45, 7) is 9.31. The largest absolute Gasteiger partial charge is 0.459 e. The number of rotatable bonds is 8. The van der Waals surface area contributed by atoms with Crippen molar-refractivity contribution in [1.29, 1.82) is 0 Å². The first kappa shape index (κ1) is 23.0. The molecule has 0 spiro atoms. The Labute approximate surface area is 178 Å². The molecule has 156 valence electrons. The van der Waals surface area contributed by atoms with Crippen LogP contribution < -0.4 is 4.74 Å². The number of carbonyl (C=O) groups excluding carboxylic acids is 2. The highest BCUT2D eigenvalue weighted by molar-refractivity contribution is 5.89. The van der Waals surface area contributed by atoms with E-state index in [1.165, 1.54) is 0 Å². The Kier molecular flexibility index (Phi) is 8.90. The van der Waals surface area contributed by atoms with E-state index in [4.69, 9.17) is 9.47 Å². The summed E-state index contributed by atoms with van der Waals surface area (Å²) in [5.41, 5.74) is 2.45. The zero-order valence-electron chi connectivity index (χ0n) is 17.9. The summed E-state index contributed by atoms with van der Waals surface area (Å²) in [5, 5.41) is 0. The van der Waals surface area contributed by atoms with E-state index in [1.807, 2.05) is 6.92 Å². The van der Waals surface area contributed by atoms with Gasteiger partial charge in [0.05, 0.1) is 5.56 Å². The molecule has 1 atom stereocenters. The maximum Gasteiger partial charge on any atom is 0.338 e. The lowest BCUT2D eigenvalue weighted by atomic mass is 10.1. The maximum atomic E-state index is 12.3. The summed E-state index contributed by atoms with van der Waals surface area (Å²) in [5.74, 6) is 5.81. The molecule has 0 aliphatic carbocycles. The molecule has 4 nitrogen and oxygen atoms in total. The highest BCUT2D eigenvalue weighted by Crippen LogP contribution is 2.14. The first-order chi connectivity index (χ1) is 14.4. The topological polar surface area (TPSA) is 52.6 Å². The Hall–Kier alpha value is -3.32. The fraction of sp³-hybridized carbons (Fsp3) is 0.308. The van der Waals surface area contributed by atoms with Crippen molar-refractivity contribution in [3.8, 4) is 17.6 Å². The van der Waals surface area contributed by atoms with Crippen LogP contribution in [0.1, 0.15) is 67.9 Å². The van der Waals surface area contributed by atoms with Crippen molar-refractivity contribution in [3.63, 3.8) is 0 Å². The summed E-state index contributed by atoms with van der Waals surface area (Å²) in [7, 11) is 0. The lowest BCUT2D eigenvalue weighted by Crippen LogP contribution is -2.17. The van der Waals surface area contributed by atoms with Crippen molar-refractivity contribution >= 4 is 11.9 Å². The molecule has 4 heteroatoms. The standard InChI is InChI=1S/C26H28O4/c1-5-7-8-23(6-2)29-26(28)22-15-11-20(12-16-22)9-10-21-13-17-24(18-14-21)30-25(27)19(3)4/h11-18,23H,3,5-8H2,1-2,4H3. The first-order valence-electron chi connectivity index (χ1n) is 10.2. The Morgan fingerprint density at radius 3 is 2.03 bits per heavy atom. The zero-order chi connectivity index (χ0) is 21.9. The number of benzene rings is 2. The highest BCUT2D eigenvalue weighted by atomic mass is 16.5. The van der Waals surface area contributed by atoms with Gasteiger partial charge in [0.1, 0.15) is 11.9 Å². The summed E-state index contributed by atoms with van der Waals surface area (Å²) in [4.78, 5) is 23.8. The number of esters is 2. The number of unbranched alkanes of at least 4 members (excludes halogenated alkanes) is 1. The van der Waals surface area contributed by atoms with E-state index in [0.29, 0.717) is 16.9 Å². The van der Waals surface area contributed by atoms with E-state index in [-0.39, 0.29) is 12.1 Å². The minimum Gasteiger partial charge on any atom is -0.459 e. The molecule has 0 aliphatic rings. The third-order valence-electron chi connectivity index (χ3n) is 4.49. The van der Waals surface area contributed by atoms with Gasteiger partial charge in [-0.25, -0.2) is 9.59 Å². The Morgan fingerprint density at radius 1 is 0.967 bits per heavy atom. The molecule has 0 saturated carbocycles. The first-order valence-corrected chi connectivity index (χ1v) is 10.2. The van der Waals surface area contributed by atoms with Crippen LogP contribution in [0.4, 0.5) is 0 Å². The van der Waals surface area contributed by atoms with Crippen molar-refractivity contribution < 1.29 is 19.1 Å². The molecule has 0 heterocycles.